The van der Waals surface area contributed by atoms with Crippen LogP contribution in [0.4, 0.5) is 11.4 Å². The van der Waals surface area contributed by atoms with Crippen molar-refractivity contribution in [2.45, 2.75) is 39.8 Å². The minimum Gasteiger partial charge on any atom is -0.362 e. The summed E-state index contributed by atoms with van der Waals surface area (Å²) < 4.78 is 0. The molecule has 1 aliphatic heterocycles. The van der Waals surface area contributed by atoms with E-state index in [1.165, 1.54) is 28.6 Å². The van der Waals surface area contributed by atoms with Gasteiger partial charge in [-0.25, -0.2) is 0 Å². The molecule has 0 spiro atoms. The molecule has 4 nitrogen and oxygen atoms in total. The lowest BCUT2D eigenvalue weighted by atomic mass is 10.1. The zero-order chi connectivity index (χ0) is 25.8. The van der Waals surface area contributed by atoms with Crippen LogP contribution in [-0.2, 0) is 0 Å². The quantitative estimate of drug-likeness (QED) is 0.128. The fourth-order valence-corrected chi connectivity index (χ4v) is 4.05. The van der Waals surface area contributed by atoms with Crippen LogP contribution in [0.2, 0.25) is 0 Å². The van der Waals surface area contributed by atoms with Crippen molar-refractivity contribution in [1.82, 2.24) is 0 Å². The first-order valence-electron chi connectivity index (χ1n) is 12.2. The van der Waals surface area contributed by atoms with Gasteiger partial charge in [0.05, 0.1) is 17.8 Å². The molecule has 1 heterocycles. The van der Waals surface area contributed by atoms with Gasteiger partial charge in [-0.15, -0.1) is 0 Å². The minimum absolute atomic E-state index is 0.553. The first kappa shape index (κ1) is 26.3. The average Bonchev–Trinajstić information content (AvgIpc) is 3.60. The standard InChI is InChI=1S/C16H17N.C14H13N.C2H4N2/c1-12-8-6-7-11-15(12)17-13(2)16(17)14-9-4-3-5-10-14;1-12-7-5-6-10-14(12)15-11-13-8-3-2-4-9-13;1-2-4-3/h3-11,13,16H,1-2H3;2-11H,1H3;2H,1H3/t13-,16-,17?;;/m0../s1. The van der Waals surface area contributed by atoms with E-state index >= 15 is 0 Å². The maximum absolute atomic E-state index is 7.44. The first-order valence-corrected chi connectivity index (χ1v) is 12.2. The summed E-state index contributed by atoms with van der Waals surface area (Å²) in [5.41, 5.74) is 14.9. The van der Waals surface area contributed by atoms with Crippen LogP contribution >= 0.6 is 0 Å². The molecule has 4 aromatic rings. The van der Waals surface area contributed by atoms with Crippen LogP contribution in [-0.4, -0.2) is 23.3 Å². The Hall–Kier alpha value is -4.27. The Kier molecular flexibility index (Phi) is 9.93. The predicted molar refractivity (Wildman–Crippen MR) is 153 cm³/mol. The van der Waals surface area contributed by atoms with Crippen molar-refractivity contribution in [3.05, 3.63) is 137 Å². The van der Waals surface area contributed by atoms with Gasteiger partial charge in [0.2, 0.25) is 0 Å². The molecule has 5 rings (SSSR count). The number of nitrogens with zero attached hydrogens (tertiary/aromatic N) is 4. The van der Waals surface area contributed by atoms with Crippen LogP contribution in [0.5, 0.6) is 0 Å². The van der Waals surface area contributed by atoms with E-state index in [9.17, 15) is 0 Å². The zero-order valence-corrected chi connectivity index (χ0v) is 21.5. The first-order chi connectivity index (χ1) is 17.6. The van der Waals surface area contributed by atoms with Gasteiger partial charge in [-0.05, 0) is 55.2 Å². The fraction of sp³-hybridized carbons (Fsp3) is 0.188. The molecule has 0 amide bonds. The van der Waals surface area contributed by atoms with Gasteiger partial charge in [-0.2, -0.15) is 4.79 Å². The summed E-state index contributed by atoms with van der Waals surface area (Å²) >= 11 is 0. The molecule has 1 saturated heterocycles. The van der Waals surface area contributed by atoms with Gasteiger partial charge in [-0.3, -0.25) is 4.99 Å². The topological polar surface area (TPSA) is 51.8 Å². The van der Waals surface area contributed by atoms with Gasteiger partial charge >= 0.3 is 0 Å². The number of hydrogen-bond donors (Lipinski definition) is 0. The van der Waals surface area contributed by atoms with E-state index in [0.717, 1.165) is 11.3 Å². The summed E-state index contributed by atoms with van der Waals surface area (Å²) in [6.07, 6.45) is 3.20. The van der Waals surface area contributed by atoms with Gasteiger partial charge < -0.3 is 10.4 Å². The Balaban J connectivity index is 0.000000176. The minimum atomic E-state index is 0.553. The highest BCUT2D eigenvalue weighted by molar-refractivity contribution is 5.82. The maximum atomic E-state index is 7.44. The Morgan fingerprint density at radius 2 is 1.28 bits per heavy atom. The van der Waals surface area contributed by atoms with Gasteiger partial charge in [0.1, 0.15) is 0 Å². The highest BCUT2D eigenvalue weighted by Gasteiger charge is 2.45. The van der Waals surface area contributed by atoms with Crippen molar-refractivity contribution in [2.24, 2.45) is 4.99 Å². The molecule has 0 radical (unpaired) electrons. The monoisotopic (exact) mass is 474 g/mol. The van der Waals surface area contributed by atoms with Gasteiger partial charge in [-0.1, -0.05) is 97.1 Å². The number of benzene rings is 4. The summed E-state index contributed by atoms with van der Waals surface area (Å²) in [5, 5.41) is 0. The van der Waals surface area contributed by atoms with Crippen LogP contribution in [0.3, 0.4) is 0 Å². The average molecular weight is 475 g/mol. The molecule has 0 bridgehead atoms. The van der Waals surface area contributed by atoms with Crippen molar-refractivity contribution in [1.29, 1.82) is 0 Å². The fourth-order valence-electron chi connectivity index (χ4n) is 4.05. The van der Waals surface area contributed by atoms with Gasteiger partial charge in [0, 0.05) is 18.8 Å². The summed E-state index contributed by atoms with van der Waals surface area (Å²) in [4.78, 5) is 9.55. The van der Waals surface area contributed by atoms with E-state index in [-0.39, 0.29) is 0 Å². The number of aryl methyl sites for hydroxylation is 2. The largest absolute Gasteiger partial charge is 0.362 e. The smallest absolute Gasteiger partial charge is 0.254 e. The number of rotatable bonds is 4. The van der Waals surface area contributed by atoms with Crippen LogP contribution in [0.1, 0.15) is 42.1 Å². The van der Waals surface area contributed by atoms with Gasteiger partial charge in [0.15, 0.2) is 0 Å². The molecule has 36 heavy (non-hydrogen) atoms. The third-order valence-corrected chi connectivity index (χ3v) is 6.02. The summed E-state index contributed by atoms with van der Waals surface area (Å²) in [5.74, 6) is 0. The van der Waals surface area contributed by atoms with Crippen molar-refractivity contribution in [3.8, 4) is 0 Å². The molecule has 182 valence electrons. The molecular weight excluding hydrogens is 440 g/mol. The lowest BCUT2D eigenvalue weighted by Gasteiger charge is -2.09. The molecule has 2 atom stereocenters. The Morgan fingerprint density at radius 1 is 0.750 bits per heavy atom. The molecule has 0 aliphatic carbocycles. The van der Waals surface area contributed by atoms with E-state index in [0.29, 0.717) is 12.1 Å². The second-order valence-electron chi connectivity index (χ2n) is 8.62. The normalized spacial score (nSPS) is 15.6. The second kappa shape index (κ2) is 13.6. The van der Waals surface area contributed by atoms with Crippen LogP contribution < -0.4 is 4.90 Å². The van der Waals surface area contributed by atoms with Crippen molar-refractivity contribution >= 4 is 23.8 Å². The number of aliphatic imine (C=N–C) groups is 1. The lowest BCUT2D eigenvalue weighted by molar-refractivity contribution is 0.00297. The predicted octanol–water partition coefficient (Wildman–Crippen LogP) is 8.00. The summed E-state index contributed by atoms with van der Waals surface area (Å²) in [7, 11) is 0. The lowest BCUT2D eigenvalue weighted by Crippen LogP contribution is -1.98. The van der Waals surface area contributed by atoms with Crippen LogP contribution in [0.15, 0.2) is 114 Å². The Morgan fingerprint density at radius 3 is 1.86 bits per heavy atom. The highest BCUT2D eigenvalue weighted by atomic mass is 15.3. The Labute approximate surface area is 215 Å². The molecular formula is C32H34N4. The summed E-state index contributed by atoms with van der Waals surface area (Å²) in [6, 6.07) is 38.8. The molecule has 0 N–H and O–H groups in total. The number of anilines is 1. The van der Waals surface area contributed by atoms with E-state index in [1.54, 1.807) is 6.92 Å². The summed E-state index contributed by atoms with van der Waals surface area (Å²) in [6.45, 7) is 8.18. The van der Waals surface area contributed by atoms with E-state index in [4.69, 9.17) is 5.53 Å². The van der Waals surface area contributed by atoms with Crippen LogP contribution in [0.25, 0.3) is 5.53 Å². The molecule has 0 saturated carbocycles. The van der Waals surface area contributed by atoms with E-state index < -0.39 is 0 Å². The SMILES string of the molecule is CC=[N+]=[N-].Cc1ccccc1N1[C@H](c2ccccc2)[C@@H]1C.Cc1ccccc1N=Cc1ccccc1. The van der Waals surface area contributed by atoms with Crippen molar-refractivity contribution in [3.63, 3.8) is 0 Å². The molecule has 1 aliphatic rings. The van der Waals surface area contributed by atoms with Crippen molar-refractivity contribution < 1.29 is 4.79 Å². The third kappa shape index (κ3) is 7.36. The highest BCUT2D eigenvalue weighted by Crippen LogP contribution is 2.47. The molecule has 1 fully saturated rings. The maximum Gasteiger partial charge on any atom is 0.254 e. The number of hydrogen-bond acceptors (Lipinski definition) is 2. The number of para-hydroxylation sites is 2. The van der Waals surface area contributed by atoms with E-state index in [1.807, 2.05) is 54.7 Å². The Bertz CT molecular complexity index is 1290. The van der Waals surface area contributed by atoms with E-state index in [2.05, 4.69) is 96.1 Å². The molecule has 0 unspecified atom stereocenters. The van der Waals surface area contributed by atoms with Gasteiger partial charge in [0.25, 0.3) is 6.21 Å². The molecule has 0 aromatic heterocycles. The van der Waals surface area contributed by atoms with Crippen LogP contribution in [0, 0.1) is 13.8 Å². The second-order valence-corrected chi connectivity index (χ2v) is 8.62. The van der Waals surface area contributed by atoms with Crippen molar-refractivity contribution in [2.75, 3.05) is 4.90 Å². The molecule has 4 heteroatoms. The molecule has 4 aromatic carbocycles. The third-order valence-electron chi connectivity index (χ3n) is 6.02. The zero-order valence-electron chi connectivity index (χ0n) is 21.5.